The first kappa shape index (κ1) is 17.9. The minimum atomic E-state index is -4.74. The lowest BCUT2D eigenvalue weighted by Crippen LogP contribution is -2.33. The summed E-state index contributed by atoms with van der Waals surface area (Å²) in [6.07, 6.45) is -3.78. The van der Waals surface area contributed by atoms with E-state index in [4.69, 9.17) is 20.3 Å². The number of anilines is 2. The molecule has 3 rings (SSSR count). The molecule has 138 valence electrons. The van der Waals surface area contributed by atoms with Crippen LogP contribution in [-0.2, 0) is 13.8 Å². The average Bonchev–Trinajstić information content (AvgIpc) is 3.06. The van der Waals surface area contributed by atoms with E-state index in [1.807, 2.05) is 0 Å². The Morgan fingerprint density at radius 1 is 1.40 bits per heavy atom. The van der Waals surface area contributed by atoms with Crippen molar-refractivity contribution < 1.29 is 33.8 Å². The second-order valence-electron chi connectivity index (χ2n) is 5.34. The molecule has 3 heterocycles. The second-order valence-corrected chi connectivity index (χ2v) is 6.58. The first-order valence-electron chi connectivity index (χ1n) is 7.10. The molecule has 0 aliphatic carbocycles. The van der Waals surface area contributed by atoms with E-state index in [9.17, 15) is 14.8 Å². The number of imidazole rings is 1. The molecule has 1 unspecified atom stereocenters. The summed E-state index contributed by atoms with van der Waals surface area (Å²) in [5.74, 6) is 0.337. The van der Waals surface area contributed by atoms with Gasteiger partial charge in [-0.05, 0) is 0 Å². The Balaban J connectivity index is 1.90. The van der Waals surface area contributed by atoms with E-state index in [2.05, 4.69) is 24.8 Å². The van der Waals surface area contributed by atoms with Crippen LogP contribution in [0, 0.1) is 0 Å². The number of nitrogens with one attached hydrogen (secondary N) is 1. The lowest BCUT2D eigenvalue weighted by molar-refractivity contribution is -0.0503. The molecule has 0 saturated carbocycles. The van der Waals surface area contributed by atoms with E-state index in [1.165, 1.54) is 10.9 Å². The number of nitrogen functional groups attached to an aromatic ring is 1. The summed E-state index contributed by atoms with van der Waals surface area (Å²) < 4.78 is 21.9. The van der Waals surface area contributed by atoms with Gasteiger partial charge >= 0.3 is 7.82 Å². The van der Waals surface area contributed by atoms with Gasteiger partial charge in [0.15, 0.2) is 23.2 Å². The Kier molecular flexibility index (Phi) is 4.64. The number of aromatic nitrogens is 4. The lowest BCUT2D eigenvalue weighted by atomic mass is 10.1. The van der Waals surface area contributed by atoms with Gasteiger partial charge in [0.05, 0.1) is 12.9 Å². The zero-order valence-corrected chi connectivity index (χ0v) is 13.8. The van der Waals surface area contributed by atoms with Gasteiger partial charge in [-0.25, -0.2) is 9.55 Å². The molecule has 0 aromatic carbocycles. The lowest BCUT2D eigenvalue weighted by Gasteiger charge is -2.16. The number of hydrogen-bond donors (Lipinski definition) is 6. The molecular weight excluding hydrogens is 359 g/mol. The van der Waals surface area contributed by atoms with Crippen molar-refractivity contribution in [3.05, 3.63) is 6.33 Å². The highest BCUT2D eigenvalue weighted by molar-refractivity contribution is 7.46. The van der Waals surface area contributed by atoms with Gasteiger partial charge < -0.3 is 35.8 Å². The largest absolute Gasteiger partial charge is 0.469 e. The number of nitrogens with two attached hydrogens (primary N) is 1. The van der Waals surface area contributed by atoms with Crippen LogP contribution in [0.2, 0.25) is 0 Å². The van der Waals surface area contributed by atoms with E-state index >= 15 is 0 Å². The SMILES string of the molecule is CNc1nc(N)nc2c1ncn2[C@@H]1O[C@H](COP(=O)(O)O)C(O)[C@@H]1O. The fraction of sp³-hybridized carbons (Fsp3) is 0.545. The topological polar surface area (TPSA) is 198 Å². The maximum atomic E-state index is 10.8. The van der Waals surface area contributed by atoms with Crippen LogP contribution in [0.5, 0.6) is 0 Å². The molecule has 25 heavy (non-hydrogen) atoms. The Hall–Kier alpha value is -1.86. The number of nitrogens with zero attached hydrogens (tertiary/aromatic N) is 4. The summed E-state index contributed by atoms with van der Waals surface area (Å²) >= 11 is 0. The van der Waals surface area contributed by atoms with Crippen molar-refractivity contribution in [2.45, 2.75) is 24.5 Å². The molecule has 1 saturated heterocycles. The fourth-order valence-electron chi connectivity index (χ4n) is 2.56. The molecule has 0 spiro atoms. The quantitative estimate of drug-likeness (QED) is 0.320. The van der Waals surface area contributed by atoms with Gasteiger partial charge in [-0.1, -0.05) is 0 Å². The van der Waals surface area contributed by atoms with Crippen LogP contribution in [0.4, 0.5) is 11.8 Å². The summed E-state index contributed by atoms with van der Waals surface area (Å²) in [5, 5.41) is 23.1. The Labute approximate surface area is 140 Å². The summed E-state index contributed by atoms with van der Waals surface area (Å²) in [4.78, 5) is 29.7. The number of fused-ring (bicyclic) bond motifs is 1. The third-order valence-corrected chi connectivity index (χ3v) is 4.18. The van der Waals surface area contributed by atoms with E-state index in [1.54, 1.807) is 7.05 Å². The zero-order chi connectivity index (χ0) is 18.4. The van der Waals surface area contributed by atoms with Crippen molar-refractivity contribution in [3.8, 4) is 0 Å². The highest BCUT2D eigenvalue weighted by atomic mass is 31.2. The zero-order valence-electron chi connectivity index (χ0n) is 12.9. The summed E-state index contributed by atoms with van der Waals surface area (Å²) in [6, 6.07) is 0. The van der Waals surface area contributed by atoms with E-state index in [-0.39, 0.29) is 11.6 Å². The number of hydrogen-bond acceptors (Lipinski definition) is 10. The first-order valence-corrected chi connectivity index (χ1v) is 8.64. The normalized spacial score (nSPS) is 27.1. The summed E-state index contributed by atoms with van der Waals surface area (Å²) in [5.41, 5.74) is 6.28. The summed E-state index contributed by atoms with van der Waals surface area (Å²) in [6.45, 7) is -0.607. The third-order valence-electron chi connectivity index (χ3n) is 3.69. The molecule has 7 N–H and O–H groups in total. The number of phosphoric ester groups is 1. The molecule has 0 radical (unpaired) electrons. The Bertz CT molecular complexity index is 825. The van der Waals surface area contributed by atoms with Crippen LogP contribution in [-0.4, -0.2) is 71.5 Å². The van der Waals surface area contributed by atoms with Crippen LogP contribution >= 0.6 is 7.82 Å². The van der Waals surface area contributed by atoms with Gasteiger partial charge in [0.25, 0.3) is 0 Å². The minimum Gasteiger partial charge on any atom is -0.387 e. The van der Waals surface area contributed by atoms with Crippen molar-refractivity contribution in [2.24, 2.45) is 0 Å². The van der Waals surface area contributed by atoms with E-state index in [0.29, 0.717) is 11.3 Å². The van der Waals surface area contributed by atoms with Crippen molar-refractivity contribution in [1.29, 1.82) is 0 Å². The number of aliphatic hydroxyl groups is 2. The second kappa shape index (κ2) is 6.46. The van der Waals surface area contributed by atoms with Crippen LogP contribution in [0.1, 0.15) is 6.23 Å². The monoisotopic (exact) mass is 376 g/mol. The number of ether oxygens (including phenoxy) is 1. The van der Waals surface area contributed by atoms with Crippen LogP contribution < -0.4 is 11.1 Å². The van der Waals surface area contributed by atoms with Crippen molar-refractivity contribution in [3.63, 3.8) is 0 Å². The maximum Gasteiger partial charge on any atom is 0.469 e. The average molecular weight is 376 g/mol. The molecule has 2 aromatic rings. The number of aliphatic hydroxyl groups excluding tert-OH is 2. The van der Waals surface area contributed by atoms with Gasteiger partial charge in [-0.2, -0.15) is 9.97 Å². The molecule has 1 aliphatic heterocycles. The Morgan fingerprint density at radius 2 is 2.12 bits per heavy atom. The van der Waals surface area contributed by atoms with E-state index in [0.717, 1.165) is 0 Å². The fourth-order valence-corrected chi connectivity index (χ4v) is 2.90. The van der Waals surface area contributed by atoms with Crippen LogP contribution in [0.25, 0.3) is 11.2 Å². The van der Waals surface area contributed by atoms with Crippen LogP contribution in [0.3, 0.4) is 0 Å². The van der Waals surface area contributed by atoms with Gasteiger partial charge in [0, 0.05) is 7.05 Å². The predicted octanol–water partition coefficient (Wildman–Crippen LogP) is -1.82. The van der Waals surface area contributed by atoms with Gasteiger partial charge in [-0.15, -0.1) is 0 Å². The molecular formula is C11H17N6O7P. The molecule has 14 heteroatoms. The van der Waals surface area contributed by atoms with Crippen molar-refractivity contribution in [1.82, 2.24) is 19.5 Å². The van der Waals surface area contributed by atoms with Crippen molar-refractivity contribution in [2.75, 3.05) is 24.7 Å². The van der Waals surface area contributed by atoms with Gasteiger partial charge in [0.2, 0.25) is 5.95 Å². The predicted molar refractivity (Wildman–Crippen MR) is 83.2 cm³/mol. The molecule has 0 bridgehead atoms. The smallest absolute Gasteiger partial charge is 0.387 e. The van der Waals surface area contributed by atoms with Crippen molar-refractivity contribution >= 4 is 30.8 Å². The first-order chi connectivity index (χ1) is 11.7. The van der Waals surface area contributed by atoms with E-state index < -0.39 is 39.0 Å². The molecule has 4 atom stereocenters. The highest BCUT2D eigenvalue weighted by Gasteiger charge is 2.45. The standard InChI is InChI=1S/C11H17N6O7P/c1-13-8-5-9(16-11(12)15-8)17(3-14-5)10-7(19)6(18)4(24-10)2-23-25(20,21)22/h3-4,6-7,10,18-19H,2H2,1H3,(H2,20,21,22)(H3,12,13,15,16)/t4-,6?,7+,10-/m1/s1. The van der Waals surface area contributed by atoms with Crippen LogP contribution in [0.15, 0.2) is 6.33 Å². The number of phosphoric acid groups is 1. The molecule has 0 amide bonds. The number of rotatable bonds is 5. The molecule has 2 aromatic heterocycles. The highest BCUT2D eigenvalue weighted by Crippen LogP contribution is 2.39. The molecule has 13 nitrogen and oxygen atoms in total. The summed E-state index contributed by atoms with van der Waals surface area (Å²) in [7, 11) is -3.11. The maximum absolute atomic E-state index is 10.8. The minimum absolute atomic E-state index is 0.0342. The van der Waals surface area contributed by atoms with Gasteiger partial charge in [0.1, 0.15) is 18.3 Å². The molecule has 1 fully saturated rings. The third kappa shape index (κ3) is 3.43. The van der Waals surface area contributed by atoms with Gasteiger partial charge in [-0.3, -0.25) is 9.09 Å². The Morgan fingerprint density at radius 3 is 2.76 bits per heavy atom. The molecule has 1 aliphatic rings.